The van der Waals surface area contributed by atoms with Gasteiger partial charge in [-0.15, -0.1) is 0 Å². The number of para-hydroxylation sites is 1. The van der Waals surface area contributed by atoms with Crippen molar-refractivity contribution < 1.29 is 4.74 Å². The van der Waals surface area contributed by atoms with Crippen LogP contribution in [-0.4, -0.2) is 53.4 Å². The Morgan fingerprint density at radius 3 is 2.72 bits per heavy atom. The lowest BCUT2D eigenvalue weighted by molar-refractivity contribution is 0.129. The number of rotatable bonds is 6. The van der Waals surface area contributed by atoms with Crippen molar-refractivity contribution in [3.63, 3.8) is 0 Å². The van der Waals surface area contributed by atoms with Crippen LogP contribution in [0.25, 0.3) is 0 Å². The van der Waals surface area contributed by atoms with E-state index in [1.807, 2.05) is 60.5 Å². The molecule has 0 saturated carbocycles. The molecule has 6 nitrogen and oxygen atoms in total. The Balaban J connectivity index is 1.38. The van der Waals surface area contributed by atoms with Gasteiger partial charge in [0.25, 0.3) is 0 Å². The molecule has 0 amide bonds. The van der Waals surface area contributed by atoms with E-state index in [0.717, 1.165) is 57.2 Å². The van der Waals surface area contributed by atoms with E-state index in [4.69, 9.17) is 4.74 Å². The van der Waals surface area contributed by atoms with Crippen molar-refractivity contribution in [2.24, 2.45) is 4.99 Å². The van der Waals surface area contributed by atoms with Gasteiger partial charge in [0.15, 0.2) is 5.96 Å². The topological polar surface area (TPSA) is 54.7 Å². The predicted octanol–water partition coefficient (Wildman–Crippen LogP) is 2.39. The number of aromatic nitrogens is 2. The maximum Gasteiger partial charge on any atom is 0.193 e. The largest absolute Gasteiger partial charge is 0.490 e. The molecule has 1 aromatic heterocycles. The number of hydrogen-bond donors (Lipinski definition) is 1. The number of piperidine rings is 1. The maximum atomic E-state index is 6.06. The molecule has 2 aromatic rings. The molecular weight excluding hydrogens is 314 g/mol. The van der Waals surface area contributed by atoms with Gasteiger partial charge in [-0.25, -0.2) is 0 Å². The minimum Gasteiger partial charge on any atom is -0.490 e. The molecule has 0 bridgehead atoms. The average Bonchev–Trinajstić information content (AvgIpc) is 3.17. The number of hydrogen-bond acceptors (Lipinski definition) is 3. The fraction of sp³-hybridized carbons (Fsp3) is 0.474. The second kappa shape index (κ2) is 9.11. The number of aryl methyl sites for hydroxylation is 1. The van der Waals surface area contributed by atoms with Crippen LogP contribution < -0.4 is 10.1 Å². The maximum absolute atomic E-state index is 6.06. The fourth-order valence-electron chi connectivity index (χ4n) is 3.08. The fourth-order valence-corrected chi connectivity index (χ4v) is 3.08. The molecule has 0 aliphatic carbocycles. The van der Waals surface area contributed by atoms with E-state index in [9.17, 15) is 0 Å². The summed E-state index contributed by atoms with van der Waals surface area (Å²) in [5, 5.41) is 7.68. The summed E-state index contributed by atoms with van der Waals surface area (Å²) in [6.45, 7) is 3.75. The van der Waals surface area contributed by atoms with E-state index in [1.54, 1.807) is 0 Å². The number of guanidine groups is 1. The minimum atomic E-state index is 0.288. The molecule has 1 fully saturated rings. The summed E-state index contributed by atoms with van der Waals surface area (Å²) in [5.74, 6) is 1.95. The highest BCUT2D eigenvalue weighted by Gasteiger charge is 2.22. The van der Waals surface area contributed by atoms with Crippen LogP contribution in [0.5, 0.6) is 5.75 Å². The van der Waals surface area contributed by atoms with Gasteiger partial charge in [-0.1, -0.05) is 18.2 Å². The Labute approximate surface area is 149 Å². The van der Waals surface area contributed by atoms with Crippen LogP contribution in [0, 0.1) is 0 Å². The van der Waals surface area contributed by atoms with E-state index in [1.165, 1.54) is 0 Å². The van der Waals surface area contributed by atoms with Crippen LogP contribution >= 0.6 is 0 Å². The van der Waals surface area contributed by atoms with E-state index < -0.39 is 0 Å². The van der Waals surface area contributed by atoms with Crippen molar-refractivity contribution in [3.05, 3.63) is 48.8 Å². The molecule has 134 valence electrons. The number of benzene rings is 1. The molecule has 1 aromatic carbocycles. The molecular formula is C19H27N5O. The summed E-state index contributed by atoms with van der Waals surface area (Å²) in [5.41, 5.74) is 0. The van der Waals surface area contributed by atoms with Crippen molar-refractivity contribution in [2.75, 3.05) is 26.7 Å². The SMILES string of the molecule is CN=C(NCCCn1cccn1)N1CCC(Oc2ccccc2)CC1. The number of nitrogens with zero attached hydrogens (tertiary/aromatic N) is 4. The van der Waals surface area contributed by atoms with Crippen LogP contribution in [0.4, 0.5) is 0 Å². The van der Waals surface area contributed by atoms with Crippen LogP contribution in [0.15, 0.2) is 53.8 Å². The average molecular weight is 341 g/mol. The lowest BCUT2D eigenvalue weighted by Crippen LogP contribution is -2.47. The van der Waals surface area contributed by atoms with Gasteiger partial charge in [0.2, 0.25) is 0 Å². The summed E-state index contributed by atoms with van der Waals surface area (Å²) < 4.78 is 8.02. The van der Waals surface area contributed by atoms with Crippen LogP contribution in [0.3, 0.4) is 0 Å². The van der Waals surface area contributed by atoms with Gasteiger partial charge in [0.05, 0.1) is 0 Å². The van der Waals surface area contributed by atoms with Crippen molar-refractivity contribution >= 4 is 5.96 Å². The molecule has 2 heterocycles. The molecule has 1 N–H and O–H groups in total. The summed E-state index contributed by atoms with van der Waals surface area (Å²) in [4.78, 5) is 6.74. The highest BCUT2D eigenvalue weighted by Crippen LogP contribution is 2.18. The van der Waals surface area contributed by atoms with Gasteiger partial charge < -0.3 is 15.0 Å². The zero-order chi connectivity index (χ0) is 17.3. The molecule has 0 spiro atoms. The monoisotopic (exact) mass is 341 g/mol. The zero-order valence-electron chi connectivity index (χ0n) is 14.8. The van der Waals surface area contributed by atoms with Gasteiger partial charge >= 0.3 is 0 Å². The second-order valence-electron chi connectivity index (χ2n) is 6.21. The summed E-state index contributed by atoms with van der Waals surface area (Å²) in [7, 11) is 1.85. The van der Waals surface area contributed by atoms with Gasteiger partial charge in [0.1, 0.15) is 11.9 Å². The Morgan fingerprint density at radius 1 is 1.24 bits per heavy atom. The van der Waals surface area contributed by atoms with Crippen LogP contribution in [0.1, 0.15) is 19.3 Å². The first-order valence-corrected chi connectivity index (χ1v) is 9.00. The molecule has 0 radical (unpaired) electrons. The Hall–Kier alpha value is -2.50. The Kier molecular flexibility index (Phi) is 6.31. The number of likely N-dealkylation sites (tertiary alicyclic amines) is 1. The molecule has 25 heavy (non-hydrogen) atoms. The molecule has 0 unspecified atom stereocenters. The third kappa shape index (κ3) is 5.24. The summed E-state index contributed by atoms with van der Waals surface area (Å²) in [6, 6.07) is 12.0. The highest BCUT2D eigenvalue weighted by molar-refractivity contribution is 5.79. The van der Waals surface area contributed by atoms with Crippen molar-refractivity contribution in [2.45, 2.75) is 31.9 Å². The summed E-state index contributed by atoms with van der Waals surface area (Å²) >= 11 is 0. The molecule has 6 heteroatoms. The first-order chi connectivity index (χ1) is 12.3. The quantitative estimate of drug-likeness (QED) is 0.498. The van der Waals surface area contributed by atoms with Gasteiger partial charge in [-0.2, -0.15) is 5.10 Å². The Morgan fingerprint density at radius 2 is 2.04 bits per heavy atom. The number of ether oxygens (including phenoxy) is 1. The first-order valence-electron chi connectivity index (χ1n) is 9.00. The van der Waals surface area contributed by atoms with Gasteiger partial charge in [-0.3, -0.25) is 9.67 Å². The minimum absolute atomic E-state index is 0.288. The second-order valence-corrected chi connectivity index (χ2v) is 6.21. The third-order valence-corrected chi connectivity index (χ3v) is 4.41. The van der Waals surface area contributed by atoms with E-state index >= 15 is 0 Å². The summed E-state index contributed by atoms with van der Waals surface area (Å²) in [6.07, 6.45) is 7.15. The standard InChI is InChI=1S/C19H27N5O/c1-20-19(21-11-5-13-24-14-6-12-22-24)23-15-9-18(10-16-23)25-17-7-3-2-4-8-17/h2-4,6-8,12,14,18H,5,9-11,13,15-16H2,1H3,(H,20,21). The molecule has 1 aliphatic heterocycles. The molecule has 1 aliphatic rings. The third-order valence-electron chi connectivity index (χ3n) is 4.41. The van der Waals surface area contributed by atoms with Gasteiger partial charge in [-0.05, 0) is 24.6 Å². The Bertz CT molecular complexity index is 633. The smallest absolute Gasteiger partial charge is 0.193 e. The van der Waals surface area contributed by atoms with E-state index in [0.29, 0.717) is 0 Å². The molecule has 3 rings (SSSR count). The van der Waals surface area contributed by atoms with Gasteiger partial charge in [0, 0.05) is 58.5 Å². The molecule has 0 atom stereocenters. The van der Waals surface area contributed by atoms with E-state index in [-0.39, 0.29) is 6.10 Å². The van der Waals surface area contributed by atoms with Crippen LogP contribution in [0.2, 0.25) is 0 Å². The van der Waals surface area contributed by atoms with Crippen molar-refractivity contribution in [1.29, 1.82) is 0 Å². The highest BCUT2D eigenvalue weighted by atomic mass is 16.5. The first kappa shape index (κ1) is 17.3. The normalized spacial score (nSPS) is 16.0. The van der Waals surface area contributed by atoms with E-state index in [2.05, 4.69) is 20.3 Å². The number of nitrogens with one attached hydrogen (secondary N) is 1. The molecule has 1 saturated heterocycles. The van der Waals surface area contributed by atoms with Crippen LogP contribution in [-0.2, 0) is 6.54 Å². The van der Waals surface area contributed by atoms with Crippen molar-refractivity contribution in [3.8, 4) is 5.75 Å². The predicted molar refractivity (Wildman–Crippen MR) is 99.9 cm³/mol. The number of aliphatic imine (C=N–C) groups is 1. The van der Waals surface area contributed by atoms with Crippen molar-refractivity contribution in [1.82, 2.24) is 20.0 Å². The zero-order valence-corrected chi connectivity index (χ0v) is 14.8. The lowest BCUT2D eigenvalue weighted by atomic mass is 10.1. The lowest BCUT2D eigenvalue weighted by Gasteiger charge is -2.34.